The Hall–Kier alpha value is -2.07. The van der Waals surface area contributed by atoms with Crippen LogP contribution in [0.2, 0.25) is 0 Å². The van der Waals surface area contributed by atoms with E-state index in [1.807, 2.05) is 0 Å². The van der Waals surface area contributed by atoms with Gasteiger partial charge in [-0.15, -0.1) is 0 Å². The van der Waals surface area contributed by atoms with Crippen molar-refractivity contribution in [2.24, 2.45) is 28.6 Å². The van der Waals surface area contributed by atoms with E-state index in [9.17, 15) is 24.3 Å². The Labute approximate surface area is 224 Å². The normalized spacial score (nSPS) is 47.5. The molecule has 0 spiro atoms. The number of ether oxygens (including phenoxy) is 2. The summed E-state index contributed by atoms with van der Waals surface area (Å²) in [5, 5.41) is 10.7. The molecule has 208 valence electrons. The molecule has 0 amide bonds. The summed E-state index contributed by atoms with van der Waals surface area (Å²) < 4.78 is 44.2. The lowest BCUT2D eigenvalue weighted by molar-refractivity contribution is -0.228. The quantitative estimate of drug-likeness (QED) is 0.525. The van der Waals surface area contributed by atoms with Crippen molar-refractivity contribution in [3.63, 3.8) is 0 Å². The van der Waals surface area contributed by atoms with E-state index in [1.165, 1.54) is 19.1 Å². The number of cyclic esters (lactones) is 1. The van der Waals surface area contributed by atoms with E-state index < -0.39 is 80.2 Å². The molecule has 4 aliphatic carbocycles. The van der Waals surface area contributed by atoms with E-state index in [4.69, 9.17) is 9.47 Å². The molecule has 4 fully saturated rings. The Morgan fingerprint density at radius 2 is 1.95 bits per heavy atom. The third-order valence-electron chi connectivity index (χ3n) is 10.1. The number of allylic oxidation sites excluding steroid dienone is 4. The number of thioether (sulfide) groups is 1. The molecule has 1 N–H and O–H groups in total. The van der Waals surface area contributed by atoms with Gasteiger partial charge in [0.1, 0.15) is 12.8 Å². The standard InChI is InChI=1S/C28H34F2O7S/c1-5-22(33)37-28(24(35)38-16-10-23(34)36-13-16)14(2)8-17-18-11-20(29)19-9-15(31)6-7-25(19,3)27(18,30)21(32)12-26(17,28)4/h6-7,9,14,16-18,20-21,32H,5,8,10-13H2,1-4H3/t14-,16?,17+,18+,20+,21-,25+,26+,27+,28+/m1/s1. The highest BCUT2D eigenvalue weighted by Gasteiger charge is 2.78. The number of ketones is 1. The summed E-state index contributed by atoms with van der Waals surface area (Å²) in [5.74, 6) is -3.58. The van der Waals surface area contributed by atoms with Crippen molar-refractivity contribution in [2.75, 3.05) is 6.61 Å². The summed E-state index contributed by atoms with van der Waals surface area (Å²) in [7, 11) is 0. The van der Waals surface area contributed by atoms with Gasteiger partial charge in [0, 0.05) is 29.1 Å². The van der Waals surface area contributed by atoms with Gasteiger partial charge in [0.25, 0.3) is 0 Å². The van der Waals surface area contributed by atoms with Gasteiger partial charge in [-0.25, -0.2) is 8.78 Å². The number of rotatable bonds is 4. The molecule has 3 saturated carbocycles. The van der Waals surface area contributed by atoms with Crippen LogP contribution in [0.4, 0.5) is 8.78 Å². The molecule has 0 aromatic heterocycles. The van der Waals surface area contributed by atoms with E-state index in [1.54, 1.807) is 20.8 Å². The van der Waals surface area contributed by atoms with Gasteiger partial charge in [-0.05, 0) is 49.8 Å². The highest BCUT2D eigenvalue weighted by molar-refractivity contribution is 8.14. The highest BCUT2D eigenvalue weighted by Crippen LogP contribution is 2.72. The first-order valence-electron chi connectivity index (χ1n) is 13.3. The summed E-state index contributed by atoms with van der Waals surface area (Å²) in [5.41, 5.74) is -6.71. The smallest absolute Gasteiger partial charge is 0.307 e. The fraction of sp³-hybridized carbons (Fsp3) is 0.714. The van der Waals surface area contributed by atoms with Crippen molar-refractivity contribution in [3.05, 3.63) is 23.8 Å². The number of hydrogen-bond acceptors (Lipinski definition) is 8. The van der Waals surface area contributed by atoms with Crippen molar-refractivity contribution in [3.8, 4) is 0 Å². The Morgan fingerprint density at radius 1 is 1.24 bits per heavy atom. The SMILES string of the molecule is CCC(=O)O[C@]1(C(=O)SC2COC(=O)C2)[C@H](C)C[C@H]2[C@@H]3C[C@H](F)C4=CC(=O)C=C[C@]4(C)[C@@]3(F)[C@H](O)C[C@@]21C. The van der Waals surface area contributed by atoms with Gasteiger partial charge in [-0.2, -0.15) is 0 Å². The molecule has 0 bridgehead atoms. The van der Waals surface area contributed by atoms with E-state index in [2.05, 4.69) is 0 Å². The van der Waals surface area contributed by atoms with Gasteiger partial charge in [-0.3, -0.25) is 19.2 Å². The number of esters is 2. The Balaban J connectivity index is 1.60. The fourth-order valence-electron chi connectivity index (χ4n) is 8.27. The number of fused-ring (bicyclic) bond motifs is 5. The fourth-order valence-corrected chi connectivity index (χ4v) is 9.58. The number of aliphatic hydroxyl groups is 1. The summed E-state index contributed by atoms with van der Waals surface area (Å²) >= 11 is 0.896. The zero-order valence-corrected chi connectivity index (χ0v) is 22.8. The third kappa shape index (κ3) is 3.47. The Morgan fingerprint density at radius 3 is 2.58 bits per heavy atom. The molecule has 0 aromatic carbocycles. The predicted octanol–water partition coefficient (Wildman–Crippen LogP) is 3.82. The van der Waals surface area contributed by atoms with Crippen LogP contribution in [0.15, 0.2) is 23.8 Å². The molecule has 0 aromatic rings. The van der Waals surface area contributed by atoms with Gasteiger partial charge >= 0.3 is 11.9 Å². The van der Waals surface area contributed by atoms with Crippen LogP contribution in [-0.4, -0.2) is 63.3 Å². The van der Waals surface area contributed by atoms with Crippen molar-refractivity contribution in [1.29, 1.82) is 0 Å². The minimum Gasteiger partial charge on any atom is -0.464 e. The second kappa shape index (κ2) is 8.98. The first-order chi connectivity index (χ1) is 17.7. The summed E-state index contributed by atoms with van der Waals surface area (Å²) in [6, 6.07) is 0. The second-order valence-electron chi connectivity index (χ2n) is 12.0. The maximum absolute atomic E-state index is 17.4. The lowest BCUT2D eigenvalue weighted by Crippen LogP contribution is -2.70. The molecular formula is C28H34F2O7S. The van der Waals surface area contributed by atoms with E-state index in [0.717, 1.165) is 17.8 Å². The zero-order chi connectivity index (χ0) is 27.8. The van der Waals surface area contributed by atoms with Crippen LogP contribution in [0.5, 0.6) is 0 Å². The molecular weight excluding hydrogens is 518 g/mol. The number of carbonyl (C=O) groups is 4. The van der Waals surface area contributed by atoms with Crippen LogP contribution in [0.25, 0.3) is 0 Å². The molecule has 1 saturated heterocycles. The van der Waals surface area contributed by atoms with Crippen molar-refractivity contribution >= 4 is 34.6 Å². The minimum absolute atomic E-state index is 0.00875. The molecule has 7 nitrogen and oxygen atoms in total. The average Bonchev–Trinajstić information content (AvgIpc) is 3.35. The summed E-state index contributed by atoms with van der Waals surface area (Å²) in [6.07, 6.45) is 0.392. The maximum atomic E-state index is 17.4. The van der Waals surface area contributed by atoms with Gasteiger partial charge in [0.15, 0.2) is 17.1 Å². The first-order valence-corrected chi connectivity index (χ1v) is 14.2. The number of carbonyl (C=O) groups excluding carboxylic acids is 4. The van der Waals surface area contributed by atoms with Crippen LogP contribution in [-0.2, 0) is 28.7 Å². The molecule has 38 heavy (non-hydrogen) atoms. The monoisotopic (exact) mass is 552 g/mol. The van der Waals surface area contributed by atoms with E-state index >= 15 is 8.78 Å². The van der Waals surface area contributed by atoms with Crippen molar-refractivity contribution in [1.82, 2.24) is 0 Å². The van der Waals surface area contributed by atoms with Gasteiger partial charge < -0.3 is 14.6 Å². The van der Waals surface area contributed by atoms with Gasteiger partial charge in [0.05, 0.1) is 17.8 Å². The Bertz CT molecular complexity index is 1150. The molecule has 10 heteroatoms. The number of alkyl halides is 2. The molecule has 10 atom stereocenters. The van der Waals surface area contributed by atoms with E-state index in [0.29, 0.717) is 0 Å². The van der Waals surface area contributed by atoms with Crippen molar-refractivity contribution < 1.29 is 42.5 Å². The molecule has 1 unspecified atom stereocenters. The van der Waals surface area contributed by atoms with Crippen LogP contribution < -0.4 is 0 Å². The lowest BCUT2D eigenvalue weighted by atomic mass is 9.44. The molecule has 5 rings (SSSR count). The minimum atomic E-state index is -2.30. The molecule has 1 heterocycles. The summed E-state index contributed by atoms with van der Waals surface area (Å²) in [4.78, 5) is 50.6. The van der Waals surface area contributed by atoms with Crippen LogP contribution in [0, 0.1) is 28.6 Å². The average molecular weight is 553 g/mol. The Kier molecular flexibility index (Phi) is 6.50. The number of halogens is 2. The third-order valence-corrected chi connectivity index (χ3v) is 11.3. The molecule has 5 aliphatic rings. The predicted molar refractivity (Wildman–Crippen MR) is 134 cm³/mol. The van der Waals surface area contributed by atoms with Crippen LogP contribution in [0.3, 0.4) is 0 Å². The first kappa shape index (κ1) is 27.5. The number of aliphatic hydroxyl groups excluding tert-OH is 1. The molecule has 0 radical (unpaired) electrons. The number of hydrogen-bond donors (Lipinski definition) is 1. The maximum Gasteiger partial charge on any atom is 0.307 e. The second-order valence-corrected chi connectivity index (χ2v) is 13.2. The zero-order valence-electron chi connectivity index (χ0n) is 22.0. The van der Waals surface area contributed by atoms with Crippen LogP contribution >= 0.6 is 11.8 Å². The van der Waals surface area contributed by atoms with E-state index in [-0.39, 0.29) is 44.3 Å². The topological polar surface area (TPSA) is 107 Å². The van der Waals surface area contributed by atoms with Crippen LogP contribution in [0.1, 0.15) is 59.8 Å². The highest BCUT2D eigenvalue weighted by atomic mass is 32.2. The molecule has 1 aliphatic heterocycles. The largest absolute Gasteiger partial charge is 0.464 e. The van der Waals surface area contributed by atoms with Gasteiger partial charge in [-0.1, -0.05) is 38.6 Å². The van der Waals surface area contributed by atoms with Gasteiger partial charge in [0.2, 0.25) is 5.12 Å². The van der Waals surface area contributed by atoms with Crippen molar-refractivity contribution in [2.45, 2.75) is 88.6 Å². The summed E-state index contributed by atoms with van der Waals surface area (Å²) in [6.45, 7) is 6.70. The lowest BCUT2D eigenvalue weighted by Gasteiger charge is -2.63.